The molecule has 88 valence electrons. The Bertz CT molecular complexity index is 367. The van der Waals surface area contributed by atoms with E-state index in [1.165, 1.54) is 6.20 Å². The number of halogens is 3. The Balaban J connectivity index is 2.10. The first-order valence-electron chi connectivity index (χ1n) is 5.42. The summed E-state index contributed by atoms with van der Waals surface area (Å²) in [5.74, 6) is 1.61. The van der Waals surface area contributed by atoms with Crippen molar-refractivity contribution in [2.75, 3.05) is 0 Å². The molecule has 1 heterocycles. The topological polar surface area (TPSA) is 12.9 Å². The molecule has 0 saturated heterocycles. The molecule has 0 aromatic carbocycles. The summed E-state index contributed by atoms with van der Waals surface area (Å²) in [5, 5.41) is 0. The monoisotopic (exact) mass is 229 g/mol. The maximum Gasteiger partial charge on any atom is 0.433 e. The molecule has 4 heteroatoms. The lowest BCUT2D eigenvalue weighted by Crippen LogP contribution is -2.07. The highest BCUT2D eigenvalue weighted by atomic mass is 19.4. The van der Waals surface area contributed by atoms with E-state index in [9.17, 15) is 13.2 Å². The van der Waals surface area contributed by atoms with Gasteiger partial charge in [0.15, 0.2) is 0 Å². The third-order valence-electron chi connectivity index (χ3n) is 3.20. The summed E-state index contributed by atoms with van der Waals surface area (Å²) in [4.78, 5) is 3.48. The average Bonchev–Trinajstić information content (AvgIpc) is 2.96. The fraction of sp³-hybridized carbons (Fsp3) is 0.583. The standard InChI is InChI=1S/C12H14F3N/c1-7(2)9-5-10(9)8-3-4-11(16-6-8)12(13,14)15/h3-4,6-7,9-10H,5H2,1-2H3/t9-,10-/m1/s1. The highest BCUT2D eigenvalue weighted by molar-refractivity contribution is 5.25. The van der Waals surface area contributed by atoms with Gasteiger partial charge in [0.05, 0.1) is 0 Å². The second-order valence-electron chi connectivity index (χ2n) is 4.72. The van der Waals surface area contributed by atoms with Crippen LogP contribution in [0.15, 0.2) is 18.3 Å². The van der Waals surface area contributed by atoms with Crippen molar-refractivity contribution in [1.82, 2.24) is 4.98 Å². The molecule has 2 atom stereocenters. The molecule has 1 aromatic rings. The van der Waals surface area contributed by atoms with Gasteiger partial charge in [-0.3, -0.25) is 4.98 Å². The number of nitrogens with zero attached hydrogens (tertiary/aromatic N) is 1. The van der Waals surface area contributed by atoms with Gasteiger partial charge in [-0.1, -0.05) is 19.9 Å². The van der Waals surface area contributed by atoms with Gasteiger partial charge < -0.3 is 0 Å². The highest BCUT2D eigenvalue weighted by Gasteiger charge is 2.41. The average molecular weight is 229 g/mol. The number of rotatable bonds is 2. The second-order valence-corrected chi connectivity index (χ2v) is 4.72. The molecule has 1 aliphatic carbocycles. The Labute approximate surface area is 92.7 Å². The van der Waals surface area contributed by atoms with Crippen LogP contribution in [-0.4, -0.2) is 4.98 Å². The van der Waals surface area contributed by atoms with Crippen molar-refractivity contribution < 1.29 is 13.2 Å². The lowest BCUT2D eigenvalue weighted by molar-refractivity contribution is -0.141. The van der Waals surface area contributed by atoms with Crippen LogP contribution in [0, 0.1) is 11.8 Å². The summed E-state index contributed by atoms with van der Waals surface area (Å²) < 4.78 is 36.8. The van der Waals surface area contributed by atoms with Crippen molar-refractivity contribution in [1.29, 1.82) is 0 Å². The van der Waals surface area contributed by atoms with Gasteiger partial charge in [0.2, 0.25) is 0 Å². The molecule has 0 bridgehead atoms. The fourth-order valence-corrected chi connectivity index (χ4v) is 2.13. The van der Waals surface area contributed by atoms with E-state index in [4.69, 9.17) is 0 Å². The van der Waals surface area contributed by atoms with Crippen molar-refractivity contribution in [2.24, 2.45) is 11.8 Å². The molecule has 1 fully saturated rings. The molecule has 0 amide bonds. The van der Waals surface area contributed by atoms with Gasteiger partial charge in [0.1, 0.15) is 5.69 Å². The molecule has 0 spiro atoms. The third-order valence-corrected chi connectivity index (χ3v) is 3.20. The van der Waals surface area contributed by atoms with Gasteiger partial charge in [0.25, 0.3) is 0 Å². The largest absolute Gasteiger partial charge is 0.433 e. The minimum absolute atomic E-state index is 0.412. The van der Waals surface area contributed by atoms with Crippen LogP contribution in [0.25, 0.3) is 0 Å². The van der Waals surface area contributed by atoms with Gasteiger partial charge >= 0.3 is 6.18 Å². The molecular weight excluding hydrogens is 215 g/mol. The molecule has 2 rings (SSSR count). The molecular formula is C12H14F3N. The van der Waals surface area contributed by atoms with E-state index in [1.807, 2.05) is 0 Å². The summed E-state index contributed by atoms with van der Waals surface area (Å²) in [6.07, 6.45) is -1.89. The summed E-state index contributed by atoms with van der Waals surface area (Å²) in [6, 6.07) is 2.63. The van der Waals surface area contributed by atoms with Crippen molar-refractivity contribution in [3.63, 3.8) is 0 Å². The summed E-state index contributed by atoms with van der Waals surface area (Å²) in [5.41, 5.74) is 0.129. The zero-order valence-corrected chi connectivity index (χ0v) is 9.25. The van der Waals surface area contributed by atoms with E-state index in [2.05, 4.69) is 18.8 Å². The second kappa shape index (κ2) is 3.75. The smallest absolute Gasteiger partial charge is 0.251 e. The van der Waals surface area contributed by atoms with E-state index < -0.39 is 11.9 Å². The van der Waals surface area contributed by atoms with Crippen molar-refractivity contribution in [2.45, 2.75) is 32.4 Å². The summed E-state index contributed by atoms with van der Waals surface area (Å²) in [7, 11) is 0. The number of pyridine rings is 1. The molecule has 0 aliphatic heterocycles. The van der Waals surface area contributed by atoms with Gasteiger partial charge in [-0.25, -0.2) is 0 Å². The Morgan fingerprint density at radius 1 is 1.31 bits per heavy atom. The lowest BCUT2D eigenvalue weighted by Gasteiger charge is -2.07. The van der Waals surface area contributed by atoms with Crippen LogP contribution < -0.4 is 0 Å². The molecule has 0 radical (unpaired) electrons. The van der Waals surface area contributed by atoms with Crippen LogP contribution in [0.3, 0.4) is 0 Å². The van der Waals surface area contributed by atoms with Crippen LogP contribution in [0.5, 0.6) is 0 Å². The van der Waals surface area contributed by atoms with Crippen LogP contribution >= 0.6 is 0 Å². The van der Waals surface area contributed by atoms with Crippen molar-refractivity contribution in [3.8, 4) is 0 Å². The van der Waals surface area contributed by atoms with Gasteiger partial charge in [-0.2, -0.15) is 13.2 Å². The van der Waals surface area contributed by atoms with Crippen molar-refractivity contribution >= 4 is 0 Å². The first-order chi connectivity index (χ1) is 7.39. The van der Waals surface area contributed by atoms with Crippen LogP contribution in [0.1, 0.15) is 37.4 Å². The van der Waals surface area contributed by atoms with Gasteiger partial charge in [-0.15, -0.1) is 0 Å². The van der Waals surface area contributed by atoms with E-state index >= 15 is 0 Å². The lowest BCUT2D eigenvalue weighted by atomic mass is 10.0. The van der Waals surface area contributed by atoms with Crippen LogP contribution in [0.2, 0.25) is 0 Å². The van der Waals surface area contributed by atoms with E-state index in [0.29, 0.717) is 17.8 Å². The number of aromatic nitrogens is 1. The summed E-state index contributed by atoms with van der Waals surface area (Å²) in [6.45, 7) is 4.28. The molecule has 0 N–H and O–H groups in total. The molecule has 1 aromatic heterocycles. The Morgan fingerprint density at radius 2 is 2.00 bits per heavy atom. The Morgan fingerprint density at radius 3 is 2.38 bits per heavy atom. The minimum atomic E-state index is -4.33. The van der Waals surface area contributed by atoms with E-state index in [-0.39, 0.29) is 0 Å². The number of hydrogen-bond donors (Lipinski definition) is 0. The maximum absolute atomic E-state index is 12.3. The first-order valence-corrected chi connectivity index (χ1v) is 5.42. The highest BCUT2D eigenvalue weighted by Crippen LogP contribution is 2.51. The maximum atomic E-state index is 12.3. The Kier molecular flexibility index (Phi) is 2.68. The SMILES string of the molecule is CC(C)[C@H]1C[C@@H]1c1ccc(C(F)(F)F)nc1. The van der Waals surface area contributed by atoms with Gasteiger partial charge in [-0.05, 0) is 35.8 Å². The predicted molar refractivity (Wildman–Crippen MR) is 54.9 cm³/mol. The fourth-order valence-electron chi connectivity index (χ4n) is 2.13. The molecule has 1 aliphatic rings. The van der Waals surface area contributed by atoms with Gasteiger partial charge in [0, 0.05) is 6.20 Å². The van der Waals surface area contributed by atoms with Crippen LogP contribution in [0.4, 0.5) is 13.2 Å². The zero-order valence-electron chi connectivity index (χ0n) is 9.25. The third kappa shape index (κ3) is 2.20. The van der Waals surface area contributed by atoms with Crippen molar-refractivity contribution in [3.05, 3.63) is 29.6 Å². The van der Waals surface area contributed by atoms with E-state index in [1.54, 1.807) is 6.07 Å². The number of alkyl halides is 3. The Hall–Kier alpha value is -1.06. The zero-order chi connectivity index (χ0) is 11.9. The van der Waals surface area contributed by atoms with E-state index in [0.717, 1.165) is 18.1 Å². The van der Waals surface area contributed by atoms with Crippen LogP contribution in [-0.2, 0) is 6.18 Å². The summed E-state index contributed by atoms with van der Waals surface area (Å²) >= 11 is 0. The minimum Gasteiger partial charge on any atom is -0.251 e. The predicted octanol–water partition coefficient (Wildman–Crippen LogP) is 3.86. The molecule has 1 saturated carbocycles. The molecule has 16 heavy (non-hydrogen) atoms. The normalized spacial score (nSPS) is 24.9. The quantitative estimate of drug-likeness (QED) is 0.750. The first kappa shape index (κ1) is 11.4. The molecule has 1 nitrogen and oxygen atoms in total. The number of hydrogen-bond acceptors (Lipinski definition) is 1. The molecule has 0 unspecified atom stereocenters.